The molecule has 22 heavy (non-hydrogen) atoms. The van der Waals surface area contributed by atoms with E-state index in [2.05, 4.69) is 15.9 Å². The molecule has 1 amide bonds. The van der Waals surface area contributed by atoms with Gasteiger partial charge in [-0.1, -0.05) is 15.9 Å². The Morgan fingerprint density at radius 3 is 2.73 bits per heavy atom. The van der Waals surface area contributed by atoms with Crippen molar-refractivity contribution in [3.63, 3.8) is 0 Å². The van der Waals surface area contributed by atoms with Gasteiger partial charge in [-0.15, -0.1) is 11.8 Å². The van der Waals surface area contributed by atoms with Gasteiger partial charge in [-0.3, -0.25) is 19.8 Å². The first-order chi connectivity index (χ1) is 10.5. The van der Waals surface area contributed by atoms with E-state index in [0.717, 1.165) is 0 Å². The first kappa shape index (κ1) is 15.0. The zero-order valence-electron chi connectivity index (χ0n) is 11.0. The fourth-order valence-corrected chi connectivity index (χ4v) is 3.99. The number of carbonyl (C=O) groups excluding carboxylic acids is 2. The molecule has 2 heterocycles. The summed E-state index contributed by atoms with van der Waals surface area (Å²) in [6.45, 7) is -0.0106. The van der Waals surface area contributed by atoms with Crippen molar-refractivity contribution in [3.8, 4) is 0 Å². The Bertz CT molecular complexity index is 690. The Morgan fingerprint density at radius 1 is 1.41 bits per heavy atom. The molecule has 7 nitrogen and oxygen atoms in total. The van der Waals surface area contributed by atoms with Crippen molar-refractivity contribution >= 4 is 45.3 Å². The summed E-state index contributed by atoms with van der Waals surface area (Å²) in [5, 5.41) is 12.1. The molecule has 2 aliphatic heterocycles. The highest BCUT2D eigenvalue weighted by Gasteiger charge is 2.52. The molecule has 0 spiro atoms. The number of hydrogen-bond donors (Lipinski definition) is 0. The molecule has 0 aliphatic carbocycles. The van der Waals surface area contributed by atoms with E-state index < -0.39 is 10.9 Å². The predicted octanol–water partition coefficient (Wildman–Crippen LogP) is 2.16. The lowest BCUT2D eigenvalue weighted by molar-refractivity contribution is -0.384. The van der Waals surface area contributed by atoms with Crippen LogP contribution in [0, 0.1) is 10.1 Å². The quantitative estimate of drug-likeness (QED) is 0.259. The number of benzene rings is 1. The molecule has 0 saturated carbocycles. The molecular weight excluding hydrogens is 376 g/mol. The summed E-state index contributed by atoms with van der Waals surface area (Å²) in [6, 6.07) is 5.74. The molecule has 0 unspecified atom stereocenters. The smallest absolute Gasteiger partial charge is 0.355 e. The van der Waals surface area contributed by atoms with Crippen LogP contribution in [0.25, 0.3) is 0 Å². The van der Waals surface area contributed by atoms with E-state index in [9.17, 15) is 19.7 Å². The van der Waals surface area contributed by atoms with Crippen LogP contribution in [0.2, 0.25) is 0 Å². The summed E-state index contributed by atoms with van der Waals surface area (Å²) in [5.41, 5.74) is 0.843. The number of rotatable bonds is 4. The number of alkyl halides is 1. The second-order valence-electron chi connectivity index (χ2n) is 4.64. The van der Waals surface area contributed by atoms with Gasteiger partial charge in [-0.05, 0) is 17.7 Å². The van der Waals surface area contributed by atoms with Crippen molar-refractivity contribution in [2.45, 2.75) is 16.8 Å². The van der Waals surface area contributed by atoms with Crippen LogP contribution < -0.4 is 0 Å². The Hall–Kier alpha value is -1.87. The zero-order chi connectivity index (χ0) is 15.9. The standard InChI is InChI=1S/C13H9BrN2O5S/c14-10-11(17)15-9(6-22-12(10)15)13(18)21-5-7-1-3-8(4-2-7)16(19)20/h1-4,6,10,12H,5H2/t10-,12+/m0/s1. The van der Waals surface area contributed by atoms with Crippen LogP contribution in [0.1, 0.15) is 5.56 Å². The molecule has 2 atom stereocenters. The van der Waals surface area contributed by atoms with Gasteiger partial charge in [0.2, 0.25) is 5.91 Å². The maximum Gasteiger partial charge on any atom is 0.355 e. The molecule has 9 heteroatoms. The lowest BCUT2D eigenvalue weighted by Gasteiger charge is -2.39. The van der Waals surface area contributed by atoms with Crippen LogP contribution in [0.4, 0.5) is 5.69 Å². The summed E-state index contributed by atoms with van der Waals surface area (Å²) in [7, 11) is 0. The zero-order valence-corrected chi connectivity index (χ0v) is 13.4. The minimum atomic E-state index is -0.582. The van der Waals surface area contributed by atoms with E-state index in [1.54, 1.807) is 5.41 Å². The van der Waals surface area contributed by atoms with Gasteiger partial charge in [-0.25, -0.2) is 4.79 Å². The van der Waals surface area contributed by atoms with Crippen molar-refractivity contribution < 1.29 is 19.2 Å². The highest BCUT2D eigenvalue weighted by atomic mass is 79.9. The van der Waals surface area contributed by atoms with Gasteiger partial charge in [0.25, 0.3) is 5.69 Å². The summed E-state index contributed by atoms with van der Waals surface area (Å²) in [5.74, 6) is -0.741. The minimum absolute atomic E-state index is 0.0106. The van der Waals surface area contributed by atoms with Crippen molar-refractivity contribution in [2.24, 2.45) is 0 Å². The first-order valence-electron chi connectivity index (χ1n) is 6.22. The van der Waals surface area contributed by atoms with E-state index in [0.29, 0.717) is 5.56 Å². The van der Waals surface area contributed by atoms with E-state index >= 15 is 0 Å². The molecule has 3 rings (SSSR count). The number of thioether (sulfide) groups is 1. The van der Waals surface area contributed by atoms with E-state index in [4.69, 9.17) is 4.74 Å². The number of nitro groups is 1. The molecule has 1 aromatic rings. The Morgan fingerprint density at radius 2 is 2.09 bits per heavy atom. The van der Waals surface area contributed by atoms with Gasteiger partial charge in [0.15, 0.2) is 0 Å². The molecule has 0 N–H and O–H groups in total. The number of nitro benzene ring substituents is 1. The first-order valence-corrected chi connectivity index (χ1v) is 8.08. The van der Waals surface area contributed by atoms with Crippen LogP contribution in [0.3, 0.4) is 0 Å². The topological polar surface area (TPSA) is 89.7 Å². The van der Waals surface area contributed by atoms with Crippen molar-refractivity contribution in [1.29, 1.82) is 0 Å². The summed E-state index contributed by atoms with van der Waals surface area (Å²) in [6.07, 6.45) is 0. The summed E-state index contributed by atoms with van der Waals surface area (Å²) >= 11 is 4.64. The molecule has 0 bridgehead atoms. The van der Waals surface area contributed by atoms with E-state index in [1.807, 2.05) is 0 Å². The number of amides is 1. The molecule has 0 radical (unpaired) electrons. The highest BCUT2D eigenvalue weighted by Crippen LogP contribution is 2.44. The summed E-state index contributed by atoms with van der Waals surface area (Å²) in [4.78, 5) is 34.9. The van der Waals surface area contributed by atoms with E-state index in [-0.39, 0.29) is 34.1 Å². The number of halogens is 1. The number of nitrogens with zero attached hydrogens (tertiary/aromatic N) is 2. The predicted molar refractivity (Wildman–Crippen MR) is 81.9 cm³/mol. The van der Waals surface area contributed by atoms with Crippen LogP contribution in [0.15, 0.2) is 35.4 Å². The second-order valence-corrected chi connectivity index (χ2v) is 6.62. The molecule has 1 aromatic carbocycles. The molecule has 1 fully saturated rings. The van der Waals surface area contributed by atoms with Crippen LogP contribution in [-0.4, -0.2) is 31.9 Å². The average Bonchev–Trinajstić information content (AvgIpc) is 2.93. The number of esters is 1. The van der Waals surface area contributed by atoms with Crippen molar-refractivity contribution in [1.82, 2.24) is 4.90 Å². The van der Waals surface area contributed by atoms with Gasteiger partial charge >= 0.3 is 5.97 Å². The normalized spacial score (nSPS) is 22.7. The Labute approximate surface area is 137 Å². The molecular formula is C13H9BrN2O5S. The maximum absolute atomic E-state index is 12.0. The third-order valence-corrected chi connectivity index (χ3v) is 5.65. The maximum atomic E-state index is 12.0. The van der Waals surface area contributed by atoms with Crippen LogP contribution in [-0.2, 0) is 20.9 Å². The minimum Gasteiger partial charge on any atom is -0.456 e. The van der Waals surface area contributed by atoms with Crippen molar-refractivity contribution in [3.05, 3.63) is 51.0 Å². The molecule has 2 aliphatic rings. The van der Waals surface area contributed by atoms with E-state index in [1.165, 1.54) is 40.9 Å². The fraction of sp³-hybridized carbons (Fsp3) is 0.231. The summed E-state index contributed by atoms with van der Waals surface area (Å²) < 4.78 is 5.15. The van der Waals surface area contributed by atoms with Gasteiger partial charge in [0, 0.05) is 17.5 Å². The average molecular weight is 385 g/mol. The number of β-lactam (4-membered cyclic amide) rings is 1. The van der Waals surface area contributed by atoms with Crippen LogP contribution in [0.5, 0.6) is 0 Å². The van der Waals surface area contributed by atoms with Crippen LogP contribution >= 0.6 is 27.7 Å². The number of non-ortho nitro benzene ring substituents is 1. The second kappa shape index (κ2) is 5.73. The molecule has 0 aromatic heterocycles. The van der Waals surface area contributed by atoms with Gasteiger partial charge in [-0.2, -0.15) is 0 Å². The number of ether oxygens (including phenoxy) is 1. The third-order valence-electron chi connectivity index (χ3n) is 3.28. The van der Waals surface area contributed by atoms with Crippen molar-refractivity contribution in [2.75, 3.05) is 0 Å². The number of carbonyl (C=O) groups is 2. The Balaban J connectivity index is 1.59. The highest BCUT2D eigenvalue weighted by molar-refractivity contribution is 9.10. The van der Waals surface area contributed by atoms with Gasteiger partial charge < -0.3 is 4.74 Å². The fourth-order valence-electron chi connectivity index (χ4n) is 2.09. The number of fused-ring (bicyclic) bond motifs is 1. The lowest BCUT2D eigenvalue weighted by Crippen LogP contribution is -2.58. The Kier molecular flexibility index (Phi) is 3.92. The molecule has 114 valence electrons. The number of hydrogen-bond acceptors (Lipinski definition) is 6. The molecule has 1 saturated heterocycles. The van der Waals surface area contributed by atoms with Gasteiger partial charge in [0.1, 0.15) is 22.5 Å². The monoisotopic (exact) mass is 384 g/mol. The lowest BCUT2D eigenvalue weighted by atomic mass is 10.2. The third kappa shape index (κ3) is 2.50. The largest absolute Gasteiger partial charge is 0.456 e. The van der Waals surface area contributed by atoms with Gasteiger partial charge in [0.05, 0.1) is 4.92 Å². The SMILES string of the molecule is O=C(OCc1ccc([N+](=O)[O-])cc1)C1=CS[C@@H]2[C@@H](Br)C(=O)N12.